The van der Waals surface area contributed by atoms with E-state index in [1.54, 1.807) is 18.2 Å². The molecule has 0 saturated carbocycles. The molecule has 3 rings (SSSR count). The van der Waals surface area contributed by atoms with E-state index < -0.39 is 50.5 Å². The maximum Gasteiger partial charge on any atom is 0.494 e. The van der Waals surface area contributed by atoms with Crippen molar-refractivity contribution in [3.05, 3.63) is 66.2 Å². The maximum atomic E-state index is 14.2. The summed E-state index contributed by atoms with van der Waals surface area (Å²) in [5, 5.41) is 0.892. The minimum atomic E-state index is -5.35. The van der Waals surface area contributed by atoms with E-state index in [2.05, 4.69) is 57.4 Å². The van der Waals surface area contributed by atoms with E-state index in [4.69, 9.17) is 4.74 Å². The predicted molar refractivity (Wildman–Crippen MR) is 159 cm³/mol. The number of carbonyl (C=O) groups is 1. The number of carbonyl (C=O) groups excluding carboxylic acids is 1. The van der Waals surface area contributed by atoms with Gasteiger partial charge in [-0.15, -0.1) is 8.78 Å². The summed E-state index contributed by atoms with van der Waals surface area (Å²) in [5.41, 5.74) is 5.23. The van der Waals surface area contributed by atoms with Crippen molar-refractivity contribution in [2.24, 2.45) is 0 Å². The van der Waals surface area contributed by atoms with Crippen LogP contribution in [0.5, 0.6) is 5.75 Å². The monoisotopic (exact) mass is 643 g/mol. The Bertz CT molecular complexity index is 1450. The average molecular weight is 644 g/mol. The minimum absolute atomic E-state index is 0.0310. The zero-order valence-electron chi connectivity index (χ0n) is 25.8. The van der Waals surface area contributed by atoms with Crippen LogP contribution in [0.2, 0.25) is 0 Å². The van der Waals surface area contributed by atoms with Crippen LogP contribution in [0.3, 0.4) is 0 Å². The third kappa shape index (κ3) is 10.5. The lowest BCUT2D eigenvalue weighted by atomic mass is 9.99. The fourth-order valence-electron chi connectivity index (χ4n) is 4.89. The second-order valence-electron chi connectivity index (χ2n) is 11.0. The third-order valence-electron chi connectivity index (χ3n) is 6.97. The van der Waals surface area contributed by atoms with Crippen LogP contribution < -0.4 is 4.74 Å². The van der Waals surface area contributed by atoms with Gasteiger partial charge in [0, 0.05) is 34.8 Å². The molecule has 0 saturated heterocycles. The molecule has 2 aromatic carbocycles. The molecule has 45 heavy (non-hydrogen) atoms. The first-order chi connectivity index (χ1) is 21.1. The van der Waals surface area contributed by atoms with E-state index in [0.717, 1.165) is 47.0 Å². The Hall–Kier alpha value is -3.51. The molecule has 0 atom stereocenters. The Morgan fingerprint density at radius 2 is 1.60 bits per heavy atom. The van der Waals surface area contributed by atoms with E-state index in [0.29, 0.717) is 6.08 Å². The van der Waals surface area contributed by atoms with Gasteiger partial charge in [0.15, 0.2) is 0 Å². The standard InChI is InChI=1S/C33H39F6NO5/c1-6-8-9-10-24-11-14-27(23(5)19-24)29-20-25-12-13-26(21-28(25)40(29)22(3)4)42-17-15-31(34,35)44-33(38,39)45-32(36,37)16-18-43-30(41)7-2/h7,11-14,19-22H,2,6,8-10,15-18H2,1,3-5H3. The number of hydrogen-bond acceptors (Lipinski definition) is 5. The Labute approximate surface area is 258 Å². The molecule has 0 aliphatic heterocycles. The molecule has 6 nitrogen and oxygen atoms in total. The number of rotatable bonds is 18. The number of benzene rings is 2. The average Bonchev–Trinajstić information content (AvgIpc) is 3.30. The second-order valence-corrected chi connectivity index (χ2v) is 11.0. The Kier molecular flexibility index (Phi) is 12.1. The summed E-state index contributed by atoms with van der Waals surface area (Å²) >= 11 is 0. The van der Waals surface area contributed by atoms with Gasteiger partial charge in [-0.25, -0.2) is 14.3 Å². The Morgan fingerprint density at radius 3 is 2.20 bits per heavy atom. The molecule has 12 heteroatoms. The summed E-state index contributed by atoms with van der Waals surface area (Å²) in [6.45, 7) is 9.52. The van der Waals surface area contributed by atoms with Gasteiger partial charge in [-0.3, -0.25) is 0 Å². The summed E-state index contributed by atoms with van der Waals surface area (Å²) in [5.74, 6) is -0.869. The molecule has 1 heterocycles. The molecule has 0 amide bonds. The molecule has 1 aromatic heterocycles. The van der Waals surface area contributed by atoms with Gasteiger partial charge < -0.3 is 14.0 Å². The van der Waals surface area contributed by atoms with Crippen LogP contribution in [-0.2, 0) is 25.4 Å². The normalized spacial score (nSPS) is 12.6. The molecule has 0 unspecified atom stereocenters. The first-order valence-electron chi connectivity index (χ1n) is 14.8. The van der Waals surface area contributed by atoms with Crippen molar-refractivity contribution >= 4 is 16.9 Å². The van der Waals surface area contributed by atoms with Crippen LogP contribution in [0.15, 0.2) is 55.1 Å². The van der Waals surface area contributed by atoms with Gasteiger partial charge in [-0.1, -0.05) is 44.5 Å². The zero-order valence-corrected chi connectivity index (χ0v) is 25.8. The van der Waals surface area contributed by atoms with E-state index >= 15 is 0 Å². The zero-order chi connectivity index (χ0) is 33.4. The number of esters is 1. The maximum absolute atomic E-state index is 14.2. The smallest absolute Gasteiger partial charge is 0.493 e. The molecule has 0 spiro atoms. The van der Waals surface area contributed by atoms with Crippen molar-refractivity contribution in [3.8, 4) is 17.0 Å². The van der Waals surface area contributed by atoms with Crippen LogP contribution in [0.1, 0.15) is 70.0 Å². The van der Waals surface area contributed by atoms with Crippen LogP contribution in [0, 0.1) is 6.92 Å². The summed E-state index contributed by atoms with van der Waals surface area (Å²) in [4.78, 5) is 10.9. The van der Waals surface area contributed by atoms with E-state index in [1.165, 1.54) is 12.0 Å². The largest absolute Gasteiger partial charge is 0.494 e. The topological polar surface area (TPSA) is 58.9 Å². The quantitative estimate of drug-likeness (QED) is 0.0454. The molecular weight excluding hydrogens is 604 g/mol. The number of aryl methyl sites for hydroxylation is 2. The first-order valence-corrected chi connectivity index (χ1v) is 14.8. The number of ether oxygens (including phenoxy) is 4. The summed E-state index contributed by atoms with van der Waals surface area (Å²) in [6, 6.07) is 13.5. The molecule has 0 fully saturated rings. The van der Waals surface area contributed by atoms with Gasteiger partial charge in [-0.05, 0) is 62.9 Å². The number of nitrogens with zero attached hydrogens (tertiary/aromatic N) is 1. The highest BCUT2D eigenvalue weighted by Crippen LogP contribution is 2.37. The SMILES string of the molecule is C=CC(=O)OCCC(F)(F)OC(F)(F)OC(F)(F)CCOc1ccc2cc(-c3ccc(CCCCC)cc3C)n(C(C)C)c2c1. The number of aromatic nitrogens is 1. The first kappa shape index (κ1) is 36.0. The number of fused-ring (bicyclic) bond motifs is 1. The molecule has 0 bridgehead atoms. The van der Waals surface area contributed by atoms with Crippen molar-refractivity contribution in [2.45, 2.75) is 90.8 Å². The predicted octanol–water partition coefficient (Wildman–Crippen LogP) is 9.59. The van der Waals surface area contributed by atoms with Crippen LogP contribution >= 0.6 is 0 Å². The van der Waals surface area contributed by atoms with Gasteiger partial charge in [0.2, 0.25) is 0 Å². The highest BCUT2D eigenvalue weighted by Gasteiger charge is 2.52. The minimum Gasteiger partial charge on any atom is -0.493 e. The molecule has 0 aliphatic rings. The van der Waals surface area contributed by atoms with Crippen LogP contribution in [0.4, 0.5) is 26.3 Å². The van der Waals surface area contributed by atoms with E-state index in [9.17, 15) is 31.1 Å². The lowest BCUT2D eigenvalue weighted by molar-refractivity contribution is -0.514. The number of hydrogen-bond donors (Lipinski definition) is 0. The lowest BCUT2D eigenvalue weighted by Gasteiger charge is -2.26. The molecular formula is C33H39F6NO5. The highest BCUT2D eigenvalue weighted by molar-refractivity contribution is 5.89. The summed E-state index contributed by atoms with van der Waals surface area (Å²) in [6.07, 6.45) is -12.3. The van der Waals surface area contributed by atoms with Crippen molar-refractivity contribution < 1.29 is 50.1 Å². The van der Waals surface area contributed by atoms with Crippen molar-refractivity contribution in [1.82, 2.24) is 4.57 Å². The van der Waals surface area contributed by atoms with E-state index in [-0.39, 0.29) is 11.8 Å². The van der Waals surface area contributed by atoms with Gasteiger partial charge >= 0.3 is 24.5 Å². The highest BCUT2D eigenvalue weighted by atomic mass is 19.3. The van der Waals surface area contributed by atoms with Crippen molar-refractivity contribution in [2.75, 3.05) is 13.2 Å². The Morgan fingerprint density at radius 1 is 0.933 bits per heavy atom. The van der Waals surface area contributed by atoms with Gasteiger partial charge in [0.1, 0.15) is 5.75 Å². The Balaban J connectivity index is 1.67. The van der Waals surface area contributed by atoms with Crippen LogP contribution in [0.25, 0.3) is 22.2 Å². The fourth-order valence-corrected chi connectivity index (χ4v) is 4.89. The summed E-state index contributed by atoms with van der Waals surface area (Å²) in [7, 11) is 0. The van der Waals surface area contributed by atoms with Gasteiger partial charge in [0.25, 0.3) is 0 Å². The second kappa shape index (κ2) is 15.2. The molecule has 248 valence electrons. The number of unbranched alkanes of at least 4 members (excludes halogenated alkanes) is 2. The van der Waals surface area contributed by atoms with Crippen molar-refractivity contribution in [1.29, 1.82) is 0 Å². The van der Waals surface area contributed by atoms with Gasteiger partial charge in [0.05, 0.1) is 31.6 Å². The van der Waals surface area contributed by atoms with Crippen molar-refractivity contribution in [3.63, 3.8) is 0 Å². The molecule has 3 aromatic rings. The van der Waals surface area contributed by atoms with Crippen LogP contribution in [-0.4, -0.2) is 42.3 Å². The number of alkyl halides is 6. The van der Waals surface area contributed by atoms with Gasteiger partial charge in [-0.2, -0.15) is 17.6 Å². The summed E-state index contributed by atoms with van der Waals surface area (Å²) < 4.78 is 102. The fraction of sp³-hybridized carbons (Fsp3) is 0.485. The number of halogens is 6. The molecule has 0 radical (unpaired) electrons. The van der Waals surface area contributed by atoms with E-state index in [1.807, 2.05) is 19.9 Å². The molecule has 0 aliphatic carbocycles. The third-order valence-corrected chi connectivity index (χ3v) is 6.97. The lowest BCUT2D eigenvalue weighted by Crippen LogP contribution is -2.41. The molecule has 0 N–H and O–H groups in total.